The molecule has 1 fully saturated rings. The summed E-state index contributed by atoms with van der Waals surface area (Å²) in [5.74, 6) is 0.298. The van der Waals surface area contributed by atoms with Crippen molar-refractivity contribution in [3.05, 3.63) is 35.4 Å². The normalized spacial score (nSPS) is 26.4. The van der Waals surface area contributed by atoms with Gasteiger partial charge >= 0.3 is 5.97 Å². The van der Waals surface area contributed by atoms with Gasteiger partial charge in [0, 0.05) is 0 Å². The summed E-state index contributed by atoms with van der Waals surface area (Å²) in [5, 5.41) is 9.70. The summed E-state index contributed by atoms with van der Waals surface area (Å²) < 4.78 is 0. The van der Waals surface area contributed by atoms with Crippen molar-refractivity contribution in [1.82, 2.24) is 0 Å². The number of carboxylic acid groups (broad SMARTS) is 1. The molecule has 0 amide bonds. The molecule has 0 atom stereocenters. The molecule has 1 aromatic carbocycles. The Kier molecular flexibility index (Phi) is 3.70. The molecule has 0 spiro atoms. The molecule has 1 aromatic rings. The van der Waals surface area contributed by atoms with Crippen LogP contribution in [0.5, 0.6) is 0 Å². The average Bonchev–Trinajstić information content (AvgIpc) is 2.25. The highest BCUT2D eigenvalue weighted by Crippen LogP contribution is 2.54. The van der Waals surface area contributed by atoms with E-state index in [9.17, 15) is 9.90 Å². The van der Waals surface area contributed by atoms with Gasteiger partial charge in [-0.2, -0.15) is 0 Å². The van der Waals surface area contributed by atoms with Crippen molar-refractivity contribution in [2.75, 3.05) is 0 Å². The highest BCUT2D eigenvalue weighted by atomic mass is 16.4. The number of aliphatic carboxylic acids is 1. The van der Waals surface area contributed by atoms with Crippen LogP contribution in [-0.4, -0.2) is 11.1 Å². The van der Waals surface area contributed by atoms with E-state index in [4.69, 9.17) is 0 Å². The van der Waals surface area contributed by atoms with E-state index in [1.807, 2.05) is 12.1 Å². The van der Waals surface area contributed by atoms with E-state index in [0.717, 1.165) is 18.4 Å². The van der Waals surface area contributed by atoms with Gasteiger partial charge in [-0.15, -0.1) is 0 Å². The van der Waals surface area contributed by atoms with E-state index >= 15 is 0 Å². The van der Waals surface area contributed by atoms with Crippen LogP contribution >= 0.6 is 0 Å². The molecule has 0 aliphatic heterocycles. The lowest BCUT2D eigenvalue weighted by Gasteiger charge is -2.50. The van der Waals surface area contributed by atoms with Gasteiger partial charge in [0.2, 0.25) is 0 Å². The minimum absolute atomic E-state index is 0.191. The van der Waals surface area contributed by atoms with Crippen LogP contribution in [0.15, 0.2) is 24.3 Å². The number of rotatable bonds is 3. The molecule has 0 unspecified atom stereocenters. The predicted molar refractivity (Wildman–Crippen MR) is 82.0 cm³/mol. The summed E-state index contributed by atoms with van der Waals surface area (Å²) in [5.41, 5.74) is 1.76. The summed E-state index contributed by atoms with van der Waals surface area (Å²) in [7, 11) is 0. The molecule has 2 rings (SSSR count). The molecule has 0 heterocycles. The maximum atomic E-state index is 11.8. The minimum Gasteiger partial charge on any atom is -0.481 e. The molecule has 0 saturated heterocycles. The van der Waals surface area contributed by atoms with Gasteiger partial charge in [-0.25, -0.2) is 0 Å². The topological polar surface area (TPSA) is 37.3 Å². The summed E-state index contributed by atoms with van der Waals surface area (Å²) in [6.45, 7) is 10.9. The van der Waals surface area contributed by atoms with Gasteiger partial charge in [0.25, 0.3) is 0 Å². The highest BCUT2D eigenvalue weighted by molar-refractivity contribution is 5.83. The van der Waals surface area contributed by atoms with Crippen LogP contribution < -0.4 is 0 Å². The zero-order valence-electron chi connectivity index (χ0n) is 13.2. The fraction of sp³-hybridized carbons (Fsp3) is 0.611. The van der Waals surface area contributed by atoms with Crippen molar-refractivity contribution in [1.29, 1.82) is 0 Å². The van der Waals surface area contributed by atoms with Crippen molar-refractivity contribution < 1.29 is 9.90 Å². The monoisotopic (exact) mass is 274 g/mol. The number of hydrogen-bond acceptors (Lipinski definition) is 1. The van der Waals surface area contributed by atoms with Crippen molar-refractivity contribution in [2.45, 2.75) is 58.8 Å². The van der Waals surface area contributed by atoms with Crippen LogP contribution in [0.1, 0.15) is 64.5 Å². The van der Waals surface area contributed by atoms with Gasteiger partial charge in [-0.3, -0.25) is 4.79 Å². The van der Waals surface area contributed by atoms with Crippen molar-refractivity contribution in [3.63, 3.8) is 0 Å². The minimum atomic E-state index is -0.671. The third-order valence-electron chi connectivity index (χ3n) is 4.95. The Bertz CT molecular complexity index is 485. The van der Waals surface area contributed by atoms with Gasteiger partial charge in [0.05, 0.1) is 5.41 Å². The van der Waals surface area contributed by atoms with Crippen LogP contribution in [0.4, 0.5) is 0 Å². The van der Waals surface area contributed by atoms with E-state index in [0.29, 0.717) is 11.8 Å². The van der Waals surface area contributed by atoms with Crippen LogP contribution in [-0.2, 0) is 10.2 Å². The molecule has 1 aliphatic rings. The van der Waals surface area contributed by atoms with Gasteiger partial charge < -0.3 is 5.11 Å². The fourth-order valence-electron chi connectivity index (χ4n) is 3.11. The van der Waals surface area contributed by atoms with Crippen LogP contribution in [0, 0.1) is 11.3 Å². The Balaban J connectivity index is 2.26. The molecule has 0 bridgehead atoms. The average molecular weight is 274 g/mol. The summed E-state index contributed by atoms with van der Waals surface area (Å²) in [6, 6.07) is 8.19. The van der Waals surface area contributed by atoms with Crippen LogP contribution in [0.2, 0.25) is 0 Å². The van der Waals surface area contributed by atoms with Gasteiger partial charge in [0.15, 0.2) is 0 Å². The standard InChI is InChI=1S/C18H26O2/c1-12(2)13-6-8-14(9-7-13)18(16(19)20)10-15(11-18)17(3,4)5/h6-9,12,15H,10-11H2,1-5H3,(H,19,20). The first-order chi connectivity index (χ1) is 9.17. The molecular weight excluding hydrogens is 248 g/mol. The second-order valence-corrected chi connectivity index (χ2v) is 7.64. The first kappa shape index (κ1) is 15.1. The van der Waals surface area contributed by atoms with Gasteiger partial charge in [0.1, 0.15) is 0 Å². The van der Waals surface area contributed by atoms with Crippen LogP contribution in [0.3, 0.4) is 0 Å². The smallest absolute Gasteiger partial charge is 0.314 e. The molecule has 0 aromatic heterocycles. The Morgan fingerprint density at radius 1 is 1.20 bits per heavy atom. The largest absolute Gasteiger partial charge is 0.481 e. The number of benzene rings is 1. The van der Waals surface area contributed by atoms with E-state index < -0.39 is 11.4 Å². The molecule has 0 radical (unpaired) electrons. The van der Waals surface area contributed by atoms with E-state index in [1.54, 1.807) is 0 Å². The zero-order valence-corrected chi connectivity index (χ0v) is 13.2. The molecule has 1 saturated carbocycles. The SMILES string of the molecule is CC(C)c1ccc(C2(C(=O)O)CC(C(C)(C)C)C2)cc1. The predicted octanol–water partition coefficient (Wildman–Crippen LogP) is 4.59. The summed E-state index contributed by atoms with van der Waals surface area (Å²) >= 11 is 0. The molecule has 1 aliphatic carbocycles. The van der Waals surface area contributed by atoms with Gasteiger partial charge in [-0.05, 0) is 41.2 Å². The lowest BCUT2D eigenvalue weighted by molar-refractivity contribution is -0.152. The Hall–Kier alpha value is -1.31. The molecule has 1 N–H and O–H groups in total. The molecule has 20 heavy (non-hydrogen) atoms. The Morgan fingerprint density at radius 2 is 1.70 bits per heavy atom. The van der Waals surface area contributed by atoms with E-state index in [-0.39, 0.29) is 5.41 Å². The molecule has 110 valence electrons. The molecule has 2 heteroatoms. The first-order valence-electron chi connectivity index (χ1n) is 7.50. The van der Waals surface area contributed by atoms with Crippen LogP contribution in [0.25, 0.3) is 0 Å². The third kappa shape index (κ3) is 2.48. The van der Waals surface area contributed by atoms with Crippen molar-refractivity contribution in [3.8, 4) is 0 Å². The maximum absolute atomic E-state index is 11.8. The summed E-state index contributed by atoms with van der Waals surface area (Å²) in [4.78, 5) is 11.8. The second-order valence-electron chi connectivity index (χ2n) is 7.64. The second kappa shape index (κ2) is 4.91. The number of carboxylic acids is 1. The van der Waals surface area contributed by atoms with Crippen molar-refractivity contribution >= 4 is 5.97 Å². The zero-order chi connectivity index (χ0) is 15.1. The van der Waals surface area contributed by atoms with E-state index in [2.05, 4.69) is 46.8 Å². The van der Waals surface area contributed by atoms with E-state index in [1.165, 1.54) is 5.56 Å². The third-order valence-corrected chi connectivity index (χ3v) is 4.95. The summed E-state index contributed by atoms with van der Waals surface area (Å²) in [6.07, 6.45) is 1.51. The lowest BCUT2D eigenvalue weighted by atomic mass is 9.52. The fourth-order valence-corrected chi connectivity index (χ4v) is 3.11. The Labute approximate surface area is 122 Å². The van der Waals surface area contributed by atoms with Gasteiger partial charge in [-0.1, -0.05) is 58.9 Å². The molecule has 2 nitrogen and oxygen atoms in total. The lowest BCUT2D eigenvalue weighted by Crippen LogP contribution is -2.51. The maximum Gasteiger partial charge on any atom is 0.314 e. The number of hydrogen-bond donors (Lipinski definition) is 1. The quantitative estimate of drug-likeness (QED) is 0.875. The first-order valence-corrected chi connectivity index (χ1v) is 7.50. The Morgan fingerprint density at radius 3 is 2.05 bits per heavy atom. The highest BCUT2D eigenvalue weighted by Gasteiger charge is 2.54. The number of carbonyl (C=O) groups is 1. The van der Waals surface area contributed by atoms with Crippen molar-refractivity contribution in [2.24, 2.45) is 11.3 Å². The molecular formula is C18H26O2.